The van der Waals surface area contributed by atoms with Crippen LogP contribution in [0.4, 0.5) is 5.82 Å². The summed E-state index contributed by atoms with van der Waals surface area (Å²) in [6, 6.07) is 1.97. The maximum atomic E-state index is 5.60. The lowest BCUT2D eigenvalue weighted by Crippen LogP contribution is -2.21. The molecule has 4 heteroatoms. The average molecular weight is 166 g/mol. The zero-order chi connectivity index (χ0) is 8.55. The molecule has 1 aliphatic heterocycles. The first kappa shape index (κ1) is 7.61. The van der Waals surface area contributed by atoms with Crippen LogP contribution in [0.5, 0.6) is 0 Å². The molecule has 1 aromatic rings. The lowest BCUT2D eigenvalue weighted by molar-refractivity contribution is 0.337. The number of nitrogen functional groups attached to an aromatic ring is 1. The van der Waals surface area contributed by atoms with Gasteiger partial charge in [0, 0.05) is 31.3 Å². The van der Waals surface area contributed by atoms with Crippen molar-refractivity contribution in [2.24, 2.45) is 0 Å². The summed E-state index contributed by atoms with van der Waals surface area (Å²) in [5.41, 5.74) is 6.86. The van der Waals surface area contributed by atoms with E-state index in [4.69, 9.17) is 5.73 Å². The molecule has 0 spiro atoms. The summed E-state index contributed by atoms with van der Waals surface area (Å²) < 4.78 is 2.01. The topological polar surface area (TPSA) is 47.1 Å². The molecule has 0 saturated heterocycles. The lowest BCUT2D eigenvalue weighted by Gasteiger charge is -2.10. The quantitative estimate of drug-likeness (QED) is 0.588. The third-order valence-corrected chi connectivity index (χ3v) is 2.33. The first-order valence-corrected chi connectivity index (χ1v) is 4.26. The fourth-order valence-corrected chi connectivity index (χ4v) is 1.56. The van der Waals surface area contributed by atoms with Crippen molar-refractivity contribution in [3.8, 4) is 0 Å². The van der Waals surface area contributed by atoms with E-state index < -0.39 is 0 Å². The molecule has 0 aliphatic carbocycles. The third kappa shape index (κ3) is 1.30. The van der Waals surface area contributed by atoms with E-state index in [0.717, 1.165) is 26.1 Å². The van der Waals surface area contributed by atoms with Crippen LogP contribution in [0.3, 0.4) is 0 Å². The minimum atomic E-state index is 0.648. The molecule has 1 aliphatic rings. The van der Waals surface area contributed by atoms with Crippen LogP contribution in [-0.4, -0.2) is 34.8 Å². The van der Waals surface area contributed by atoms with Gasteiger partial charge in [-0.15, -0.1) is 0 Å². The van der Waals surface area contributed by atoms with Crippen molar-refractivity contribution in [3.05, 3.63) is 11.8 Å². The molecule has 4 nitrogen and oxygen atoms in total. The highest BCUT2D eigenvalue weighted by molar-refractivity contribution is 5.29. The maximum absolute atomic E-state index is 5.60. The molecule has 0 fully saturated rings. The zero-order valence-corrected chi connectivity index (χ0v) is 7.32. The molecule has 2 rings (SSSR count). The normalized spacial score (nSPS) is 18.8. The highest BCUT2D eigenvalue weighted by Gasteiger charge is 2.11. The van der Waals surface area contributed by atoms with Crippen molar-refractivity contribution in [2.45, 2.75) is 13.0 Å². The number of hydrogen-bond acceptors (Lipinski definition) is 3. The second kappa shape index (κ2) is 2.79. The number of likely N-dealkylation sites (N-methyl/N-ethyl adjacent to an activating group) is 1. The summed E-state index contributed by atoms with van der Waals surface area (Å²) >= 11 is 0. The van der Waals surface area contributed by atoms with E-state index in [0.29, 0.717) is 5.82 Å². The summed E-state index contributed by atoms with van der Waals surface area (Å²) in [6.45, 7) is 3.13. The first-order chi connectivity index (χ1) is 5.75. The molecule has 2 heterocycles. The van der Waals surface area contributed by atoms with Gasteiger partial charge in [0.05, 0.1) is 6.54 Å². The van der Waals surface area contributed by atoms with E-state index in [-0.39, 0.29) is 0 Å². The van der Waals surface area contributed by atoms with Crippen molar-refractivity contribution in [1.82, 2.24) is 14.7 Å². The second-order valence-electron chi connectivity index (χ2n) is 3.34. The van der Waals surface area contributed by atoms with Crippen molar-refractivity contribution >= 4 is 5.82 Å². The number of nitrogens with zero attached hydrogens (tertiary/aromatic N) is 3. The van der Waals surface area contributed by atoms with Crippen molar-refractivity contribution in [3.63, 3.8) is 0 Å². The Morgan fingerprint density at radius 2 is 2.25 bits per heavy atom. The number of nitrogens with two attached hydrogens (primary N) is 1. The Morgan fingerprint density at radius 1 is 1.42 bits per heavy atom. The Bertz CT molecular complexity index is 253. The Hall–Kier alpha value is -1.03. The van der Waals surface area contributed by atoms with Crippen LogP contribution in [0, 0.1) is 0 Å². The van der Waals surface area contributed by atoms with Gasteiger partial charge in [0.15, 0.2) is 0 Å². The summed E-state index contributed by atoms with van der Waals surface area (Å²) in [4.78, 5) is 2.31. The summed E-state index contributed by atoms with van der Waals surface area (Å²) in [5, 5.41) is 4.21. The molecular formula is C8H14N4. The Kier molecular flexibility index (Phi) is 1.77. The first-order valence-electron chi connectivity index (χ1n) is 4.26. The van der Waals surface area contributed by atoms with E-state index >= 15 is 0 Å². The van der Waals surface area contributed by atoms with Gasteiger partial charge in [-0.2, -0.15) is 5.10 Å². The van der Waals surface area contributed by atoms with Crippen LogP contribution in [-0.2, 0) is 13.0 Å². The molecule has 66 valence electrons. The van der Waals surface area contributed by atoms with Gasteiger partial charge in [0.25, 0.3) is 0 Å². The predicted octanol–water partition coefficient (Wildman–Crippen LogP) is -0.0468. The van der Waals surface area contributed by atoms with E-state index in [1.165, 1.54) is 5.69 Å². The summed E-state index contributed by atoms with van der Waals surface area (Å²) in [5.74, 6) is 0.648. The van der Waals surface area contributed by atoms with Crippen LogP contribution >= 0.6 is 0 Å². The molecule has 0 amide bonds. The minimum Gasteiger partial charge on any atom is -0.382 e. The zero-order valence-electron chi connectivity index (χ0n) is 7.32. The smallest absolute Gasteiger partial charge is 0.145 e. The molecular weight excluding hydrogens is 152 g/mol. The van der Waals surface area contributed by atoms with Gasteiger partial charge < -0.3 is 10.6 Å². The monoisotopic (exact) mass is 166 g/mol. The largest absolute Gasteiger partial charge is 0.382 e. The Morgan fingerprint density at radius 3 is 3.08 bits per heavy atom. The number of anilines is 1. The highest BCUT2D eigenvalue weighted by atomic mass is 15.3. The second-order valence-corrected chi connectivity index (χ2v) is 3.34. The maximum Gasteiger partial charge on any atom is 0.145 e. The Labute approximate surface area is 72.0 Å². The van der Waals surface area contributed by atoms with Crippen LogP contribution in [0.1, 0.15) is 5.69 Å². The predicted molar refractivity (Wildman–Crippen MR) is 47.8 cm³/mol. The van der Waals surface area contributed by atoms with E-state index in [1.54, 1.807) is 0 Å². The van der Waals surface area contributed by atoms with Gasteiger partial charge in [0.1, 0.15) is 5.82 Å². The molecule has 0 unspecified atom stereocenters. The van der Waals surface area contributed by atoms with E-state index in [2.05, 4.69) is 17.0 Å². The molecule has 0 aromatic carbocycles. The number of fused-ring (bicyclic) bond motifs is 1. The summed E-state index contributed by atoms with van der Waals surface area (Å²) in [7, 11) is 2.13. The average Bonchev–Trinajstić information content (AvgIpc) is 2.31. The molecule has 2 N–H and O–H groups in total. The number of aromatic nitrogens is 2. The molecule has 0 saturated carbocycles. The summed E-state index contributed by atoms with van der Waals surface area (Å²) in [6.07, 6.45) is 1.06. The van der Waals surface area contributed by atoms with Gasteiger partial charge in [-0.3, -0.25) is 4.68 Å². The number of hydrogen-bond donors (Lipinski definition) is 1. The lowest BCUT2D eigenvalue weighted by atomic mass is 10.3. The molecule has 1 aromatic heterocycles. The molecule has 0 radical (unpaired) electrons. The van der Waals surface area contributed by atoms with Crippen LogP contribution in [0.25, 0.3) is 0 Å². The van der Waals surface area contributed by atoms with Gasteiger partial charge in [-0.25, -0.2) is 0 Å². The van der Waals surface area contributed by atoms with Crippen molar-refractivity contribution in [1.29, 1.82) is 0 Å². The third-order valence-electron chi connectivity index (χ3n) is 2.33. The van der Waals surface area contributed by atoms with Crippen LogP contribution in [0.2, 0.25) is 0 Å². The number of rotatable bonds is 0. The molecule has 12 heavy (non-hydrogen) atoms. The van der Waals surface area contributed by atoms with Gasteiger partial charge >= 0.3 is 0 Å². The van der Waals surface area contributed by atoms with Crippen molar-refractivity contribution in [2.75, 3.05) is 25.9 Å². The highest BCUT2D eigenvalue weighted by Crippen LogP contribution is 2.10. The Balaban J connectivity index is 2.24. The molecule has 0 atom stereocenters. The fourth-order valence-electron chi connectivity index (χ4n) is 1.56. The van der Waals surface area contributed by atoms with Gasteiger partial charge in [-0.1, -0.05) is 0 Å². The molecule has 0 bridgehead atoms. The van der Waals surface area contributed by atoms with Gasteiger partial charge in [0.2, 0.25) is 0 Å². The SMILES string of the molecule is CN1CCc2cc(N)nn2CC1. The standard InChI is InChI=1S/C8H14N4/c1-11-3-2-7-6-8(9)10-12(7)5-4-11/h6H,2-5H2,1H3,(H2,9,10). The van der Waals surface area contributed by atoms with Crippen LogP contribution < -0.4 is 5.73 Å². The van der Waals surface area contributed by atoms with Crippen molar-refractivity contribution < 1.29 is 0 Å². The minimum absolute atomic E-state index is 0.648. The fraction of sp³-hybridized carbons (Fsp3) is 0.625. The van der Waals surface area contributed by atoms with Crippen LogP contribution in [0.15, 0.2) is 6.07 Å². The van der Waals surface area contributed by atoms with Gasteiger partial charge in [-0.05, 0) is 7.05 Å². The van der Waals surface area contributed by atoms with E-state index in [9.17, 15) is 0 Å². The van der Waals surface area contributed by atoms with E-state index in [1.807, 2.05) is 10.7 Å².